The number of thiophene rings is 1. The number of hydrogen-bond acceptors (Lipinski definition) is 6. The van der Waals surface area contributed by atoms with Crippen LogP contribution in [0, 0.1) is 0 Å². The molecule has 0 unspecified atom stereocenters. The number of aromatic nitrogens is 2. The van der Waals surface area contributed by atoms with Crippen LogP contribution in [0.25, 0.3) is 10.2 Å². The van der Waals surface area contributed by atoms with Crippen molar-refractivity contribution in [3.8, 4) is 0 Å². The summed E-state index contributed by atoms with van der Waals surface area (Å²) in [6.07, 6.45) is 6.20. The van der Waals surface area contributed by atoms with E-state index in [4.69, 9.17) is 4.74 Å². The van der Waals surface area contributed by atoms with E-state index < -0.39 is 0 Å². The minimum atomic E-state index is -0.00597. The first-order chi connectivity index (χ1) is 16.1. The Labute approximate surface area is 197 Å². The first-order valence-corrected chi connectivity index (χ1v) is 12.6. The molecule has 3 aromatic rings. The van der Waals surface area contributed by atoms with Gasteiger partial charge in [0, 0.05) is 50.2 Å². The Hall–Kier alpha value is -2.71. The third-order valence-corrected chi connectivity index (χ3v) is 7.87. The number of ether oxygens (including phenoxy) is 1. The van der Waals surface area contributed by atoms with E-state index in [1.54, 1.807) is 27.1 Å². The van der Waals surface area contributed by atoms with Crippen LogP contribution >= 0.6 is 11.3 Å². The minimum absolute atomic E-state index is 0.00597. The monoisotopic (exact) mass is 466 g/mol. The van der Waals surface area contributed by atoms with Gasteiger partial charge in [-0.2, -0.15) is 0 Å². The van der Waals surface area contributed by atoms with Crippen LogP contribution in [0.2, 0.25) is 0 Å². The molecule has 174 valence electrons. The van der Waals surface area contributed by atoms with Gasteiger partial charge in [0.2, 0.25) is 5.91 Å². The molecule has 33 heavy (non-hydrogen) atoms. The summed E-state index contributed by atoms with van der Waals surface area (Å²) >= 11 is 1.65. The van der Waals surface area contributed by atoms with Gasteiger partial charge in [0.25, 0.3) is 5.56 Å². The number of benzene rings is 1. The number of nitrogens with zero attached hydrogens (tertiary/aromatic N) is 4. The van der Waals surface area contributed by atoms with Crippen LogP contribution in [0.3, 0.4) is 0 Å². The van der Waals surface area contributed by atoms with E-state index in [2.05, 4.69) is 34.1 Å². The van der Waals surface area contributed by atoms with Gasteiger partial charge < -0.3 is 14.5 Å². The summed E-state index contributed by atoms with van der Waals surface area (Å²) in [5, 5.41) is 0.776. The average Bonchev–Trinajstić information content (AvgIpc) is 3.24. The zero-order valence-corrected chi connectivity index (χ0v) is 19.9. The fourth-order valence-electron chi connectivity index (χ4n) is 4.74. The van der Waals surface area contributed by atoms with Crippen molar-refractivity contribution in [3.63, 3.8) is 0 Å². The largest absolute Gasteiger partial charge is 0.378 e. The molecular formula is C25H30N4O3S. The second kappa shape index (κ2) is 9.65. The van der Waals surface area contributed by atoms with Crippen LogP contribution in [0.4, 0.5) is 5.69 Å². The Bertz CT molecular complexity index is 1190. The van der Waals surface area contributed by atoms with Crippen molar-refractivity contribution >= 4 is 33.1 Å². The molecule has 7 nitrogen and oxygen atoms in total. The van der Waals surface area contributed by atoms with E-state index in [0.29, 0.717) is 13.1 Å². The highest BCUT2D eigenvalue weighted by molar-refractivity contribution is 7.18. The molecule has 0 N–H and O–H groups in total. The van der Waals surface area contributed by atoms with Gasteiger partial charge >= 0.3 is 0 Å². The van der Waals surface area contributed by atoms with Crippen LogP contribution in [0.1, 0.15) is 35.3 Å². The van der Waals surface area contributed by atoms with Crippen molar-refractivity contribution in [2.75, 3.05) is 38.3 Å². The Balaban J connectivity index is 1.20. The van der Waals surface area contributed by atoms with Crippen LogP contribution in [-0.2, 0) is 35.5 Å². The molecule has 0 atom stereocenters. The number of morpholine rings is 1. The van der Waals surface area contributed by atoms with Crippen molar-refractivity contribution in [3.05, 3.63) is 57.0 Å². The van der Waals surface area contributed by atoms with Crippen molar-refractivity contribution in [2.45, 2.75) is 45.2 Å². The number of amides is 1. The molecule has 0 saturated carbocycles. The SMILES string of the molecule is CN(Cc1ccc(N2CCOCC2)cc1)C(=O)CCn1cnc2sc3c(c2c1=O)CCCC3. The number of carbonyl (C=O) groups excluding carboxylic acids is 1. The molecule has 5 rings (SSSR count). The normalized spacial score (nSPS) is 16.1. The summed E-state index contributed by atoms with van der Waals surface area (Å²) in [4.78, 5) is 36.6. The Morgan fingerprint density at radius 2 is 1.91 bits per heavy atom. The topological polar surface area (TPSA) is 67.7 Å². The fourth-order valence-corrected chi connectivity index (χ4v) is 5.96. The van der Waals surface area contributed by atoms with Gasteiger partial charge in [-0.05, 0) is 48.9 Å². The summed E-state index contributed by atoms with van der Waals surface area (Å²) < 4.78 is 7.02. The van der Waals surface area contributed by atoms with E-state index >= 15 is 0 Å². The molecule has 1 aromatic carbocycles. The lowest BCUT2D eigenvalue weighted by atomic mass is 9.97. The molecule has 0 bridgehead atoms. The molecule has 0 radical (unpaired) electrons. The summed E-state index contributed by atoms with van der Waals surface area (Å²) in [6.45, 7) is 4.24. The predicted molar refractivity (Wildman–Crippen MR) is 131 cm³/mol. The number of anilines is 1. The first kappa shape index (κ1) is 22.1. The summed E-state index contributed by atoms with van der Waals surface area (Å²) in [7, 11) is 1.82. The summed E-state index contributed by atoms with van der Waals surface area (Å²) in [5.41, 5.74) is 3.47. The second-order valence-corrected chi connectivity index (χ2v) is 9.98. The van der Waals surface area contributed by atoms with Crippen LogP contribution in [0.5, 0.6) is 0 Å². The standard InChI is InChI=1S/C25H30N4O3S/c1-27(16-18-6-8-19(9-7-18)28-12-14-32-15-13-28)22(30)10-11-29-17-26-24-23(25(29)31)20-4-2-3-5-21(20)33-24/h6-9,17H,2-5,10-16H2,1H3. The van der Waals surface area contributed by atoms with E-state index in [1.165, 1.54) is 22.5 Å². The lowest BCUT2D eigenvalue weighted by Crippen LogP contribution is -2.36. The molecule has 1 fully saturated rings. The number of carbonyl (C=O) groups is 1. The van der Waals surface area contributed by atoms with Gasteiger partial charge in [0.1, 0.15) is 4.83 Å². The van der Waals surface area contributed by atoms with Crippen molar-refractivity contribution in [1.82, 2.24) is 14.5 Å². The molecule has 2 aliphatic rings. The minimum Gasteiger partial charge on any atom is -0.378 e. The predicted octanol–water partition coefficient (Wildman–Crippen LogP) is 3.22. The fraction of sp³-hybridized carbons (Fsp3) is 0.480. The Kier molecular flexibility index (Phi) is 6.46. The summed E-state index contributed by atoms with van der Waals surface area (Å²) in [5.74, 6) is 0.0200. The molecule has 1 aliphatic heterocycles. The molecule has 1 aliphatic carbocycles. The number of aryl methyl sites for hydroxylation is 3. The highest BCUT2D eigenvalue weighted by Gasteiger charge is 2.20. The van der Waals surface area contributed by atoms with E-state index in [0.717, 1.165) is 61.3 Å². The lowest BCUT2D eigenvalue weighted by Gasteiger charge is -2.29. The van der Waals surface area contributed by atoms with E-state index in [1.807, 2.05) is 7.05 Å². The summed E-state index contributed by atoms with van der Waals surface area (Å²) in [6, 6.07) is 8.38. The van der Waals surface area contributed by atoms with Crippen molar-refractivity contribution in [1.29, 1.82) is 0 Å². The maximum atomic E-state index is 13.1. The quantitative estimate of drug-likeness (QED) is 0.558. The van der Waals surface area contributed by atoms with Gasteiger partial charge in [0.15, 0.2) is 0 Å². The van der Waals surface area contributed by atoms with E-state index in [-0.39, 0.29) is 17.9 Å². The third kappa shape index (κ3) is 4.68. The Morgan fingerprint density at radius 1 is 1.15 bits per heavy atom. The maximum Gasteiger partial charge on any atom is 0.262 e. The van der Waals surface area contributed by atoms with Gasteiger partial charge in [-0.1, -0.05) is 12.1 Å². The number of fused-ring (bicyclic) bond motifs is 3. The van der Waals surface area contributed by atoms with Crippen molar-refractivity contribution < 1.29 is 9.53 Å². The maximum absolute atomic E-state index is 13.1. The molecule has 2 aromatic heterocycles. The molecule has 0 spiro atoms. The molecule has 3 heterocycles. The van der Waals surface area contributed by atoms with Gasteiger partial charge in [-0.25, -0.2) is 4.98 Å². The average molecular weight is 467 g/mol. The second-order valence-electron chi connectivity index (χ2n) is 8.90. The third-order valence-electron chi connectivity index (χ3n) is 6.67. The van der Waals surface area contributed by atoms with E-state index in [9.17, 15) is 9.59 Å². The molecule has 1 saturated heterocycles. The molecule has 8 heteroatoms. The lowest BCUT2D eigenvalue weighted by molar-refractivity contribution is -0.130. The highest BCUT2D eigenvalue weighted by atomic mass is 32.1. The molecule has 1 amide bonds. The zero-order chi connectivity index (χ0) is 22.8. The van der Waals surface area contributed by atoms with Crippen molar-refractivity contribution in [2.24, 2.45) is 0 Å². The molecular weight excluding hydrogens is 436 g/mol. The van der Waals surface area contributed by atoms with Gasteiger partial charge in [-0.3, -0.25) is 14.2 Å². The Morgan fingerprint density at radius 3 is 2.70 bits per heavy atom. The van der Waals surface area contributed by atoms with Gasteiger partial charge in [-0.15, -0.1) is 11.3 Å². The number of hydrogen-bond donors (Lipinski definition) is 0. The highest BCUT2D eigenvalue weighted by Crippen LogP contribution is 2.33. The van der Waals surface area contributed by atoms with Crippen LogP contribution in [0.15, 0.2) is 35.4 Å². The van der Waals surface area contributed by atoms with Crippen LogP contribution in [-0.4, -0.2) is 53.7 Å². The van der Waals surface area contributed by atoms with Gasteiger partial charge in [0.05, 0.1) is 24.9 Å². The van der Waals surface area contributed by atoms with Crippen LogP contribution < -0.4 is 10.5 Å². The zero-order valence-electron chi connectivity index (χ0n) is 19.1. The smallest absolute Gasteiger partial charge is 0.262 e. The number of rotatable bonds is 6. The first-order valence-electron chi connectivity index (χ1n) is 11.8.